The van der Waals surface area contributed by atoms with Gasteiger partial charge in [0.15, 0.2) is 12.5 Å². The minimum absolute atomic E-state index is 0.0278. The van der Waals surface area contributed by atoms with Gasteiger partial charge in [-0.3, -0.25) is 14.9 Å². The Bertz CT molecular complexity index is 1200. The molecule has 0 aliphatic carbocycles. The molecular weight excluding hydrogens is 474 g/mol. The van der Waals surface area contributed by atoms with E-state index in [-0.39, 0.29) is 29.4 Å². The van der Waals surface area contributed by atoms with Crippen LogP contribution in [0.5, 0.6) is 11.5 Å². The van der Waals surface area contributed by atoms with E-state index in [0.29, 0.717) is 30.0 Å². The average Bonchev–Trinajstić information content (AvgIpc) is 3.17. The first-order chi connectivity index (χ1) is 15.9. The maximum absolute atomic E-state index is 14.0. The van der Waals surface area contributed by atoms with Gasteiger partial charge in [0.2, 0.25) is 11.2 Å². The molecule has 4 rings (SSSR count). The predicted molar refractivity (Wildman–Crippen MR) is 109 cm³/mol. The van der Waals surface area contributed by atoms with Crippen molar-refractivity contribution in [2.45, 2.75) is 25.3 Å². The molecule has 34 heavy (non-hydrogen) atoms. The molecule has 2 aliphatic rings. The fraction of sp³-hybridized carbons (Fsp3) is 0.389. The van der Waals surface area contributed by atoms with Gasteiger partial charge >= 0.3 is 18.3 Å². The number of carbonyl (C=O) groups is 2. The van der Waals surface area contributed by atoms with Crippen molar-refractivity contribution in [3.05, 3.63) is 22.0 Å². The van der Waals surface area contributed by atoms with E-state index in [2.05, 4.69) is 10.2 Å². The van der Waals surface area contributed by atoms with Gasteiger partial charge in [0.05, 0.1) is 23.0 Å². The molecule has 1 aromatic carbocycles. The third kappa shape index (κ3) is 4.57. The molecule has 0 radical (unpaired) electrons. The summed E-state index contributed by atoms with van der Waals surface area (Å²) in [5.41, 5.74) is 15.0. The predicted octanol–water partition coefficient (Wildman–Crippen LogP) is 1.17. The molecule has 1 aromatic heterocycles. The van der Waals surface area contributed by atoms with Crippen molar-refractivity contribution in [1.29, 1.82) is 0 Å². The van der Waals surface area contributed by atoms with Crippen molar-refractivity contribution >= 4 is 34.4 Å². The number of nitrogens with two attached hydrogens (primary N) is 2. The van der Waals surface area contributed by atoms with Gasteiger partial charge in [0.25, 0.3) is 0 Å². The largest absolute Gasteiger partial charge is 0.511 e. The molecule has 12 nitrogen and oxygen atoms in total. The number of carboxylic acids is 1. The zero-order valence-corrected chi connectivity index (χ0v) is 17.2. The second-order valence-electron chi connectivity index (χ2n) is 7.23. The molecule has 0 amide bonds. The van der Waals surface area contributed by atoms with Gasteiger partial charge in [-0.15, -0.1) is 0 Å². The molecule has 0 saturated carbocycles. The van der Waals surface area contributed by atoms with E-state index in [1.165, 1.54) is 10.9 Å². The average molecular weight is 493 g/mol. The Balaban J connectivity index is 0.000000406. The summed E-state index contributed by atoms with van der Waals surface area (Å²) in [6, 6.07) is -0.0585. The zero-order chi connectivity index (χ0) is 25.4. The Morgan fingerprint density at radius 1 is 1.32 bits per heavy atom. The summed E-state index contributed by atoms with van der Waals surface area (Å²) in [6.07, 6.45) is -4.78. The summed E-state index contributed by atoms with van der Waals surface area (Å²) in [6.45, 7) is 0.218. The van der Waals surface area contributed by atoms with Crippen LogP contribution in [0.2, 0.25) is 0 Å². The summed E-state index contributed by atoms with van der Waals surface area (Å²) in [5, 5.41) is 15.9. The lowest BCUT2D eigenvalue weighted by atomic mass is 10.0. The van der Waals surface area contributed by atoms with Gasteiger partial charge in [-0.2, -0.15) is 13.2 Å². The third-order valence-electron chi connectivity index (χ3n) is 5.05. The van der Waals surface area contributed by atoms with Gasteiger partial charge in [0, 0.05) is 24.7 Å². The van der Waals surface area contributed by atoms with E-state index in [0.717, 1.165) is 6.42 Å². The number of halogens is 4. The summed E-state index contributed by atoms with van der Waals surface area (Å²) in [7, 11) is 0. The van der Waals surface area contributed by atoms with E-state index in [1.54, 1.807) is 0 Å². The summed E-state index contributed by atoms with van der Waals surface area (Å²) < 4.78 is 57.4. The number of carboxylic acid groups (broad SMARTS) is 2. The van der Waals surface area contributed by atoms with Crippen LogP contribution in [0.4, 0.5) is 33.7 Å². The lowest BCUT2D eigenvalue weighted by molar-refractivity contribution is -0.192. The monoisotopic (exact) mass is 493 g/mol. The van der Waals surface area contributed by atoms with E-state index in [1.807, 2.05) is 4.90 Å². The highest BCUT2D eigenvalue weighted by Crippen LogP contribution is 2.45. The topological polar surface area (TPSA) is 182 Å². The molecule has 186 valence electrons. The zero-order valence-electron chi connectivity index (χ0n) is 17.2. The fourth-order valence-corrected chi connectivity index (χ4v) is 3.65. The molecule has 1 fully saturated rings. The number of ether oxygens (including phenoxy) is 2. The van der Waals surface area contributed by atoms with E-state index < -0.39 is 36.2 Å². The number of aliphatic carboxylic acids is 1. The number of nitrogens with zero attached hydrogens (tertiary/aromatic N) is 2. The summed E-state index contributed by atoms with van der Waals surface area (Å²) in [5.74, 6) is -2.89. The Hall–Kier alpha value is -3.95. The standard InChI is InChI=1S/C16H18FN5O5.C2HF3O2/c17-3-8-11(19)10-13-15(12(8)21-2-1-7(18)4-21)26-6-20-22(13)5-9(14(10)23)27-16(24)25;3-2(4,5)1(6)7/h5,7,20H,1-4,6,18-19H2,(H,24,25);(H,6,7). The van der Waals surface area contributed by atoms with Gasteiger partial charge in [-0.05, 0) is 6.42 Å². The summed E-state index contributed by atoms with van der Waals surface area (Å²) in [4.78, 5) is 34.4. The first-order valence-electron chi connectivity index (χ1n) is 9.54. The number of aromatic nitrogens is 1. The maximum atomic E-state index is 14.0. The number of nitrogen functional groups attached to an aromatic ring is 1. The van der Waals surface area contributed by atoms with Crippen LogP contribution in [0.25, 0.3) is 10.9 Å². The first-order valence-corrected chi connectivity index (χ1v) is 9.54. The van der Waals surface area contributed by atoms with Crippen LogP contribution in [-0.4, -0.2) is 59.1 Å². The SMILES string of the molecule is Nc1c(CF)c(N2CCC(N)C2)c2c3c1c(=O)c(OC(=O)O)cn3NCO2.O=C(O)C(F)(F)F. The quantitative estimate of drug-likeness (QED) is 0.235. The van der Waals surface area contributed by atoms with Crippen molar-refractivity contribution in [1.82, 2.24) is 4.68 Å². The lowest BCUT2D eigenvalue weighted by Gasteiger charge is -2.30. The van der Waals surface area contributed by atoms with Crippen LogP contribution in [0.3, 0.4) is 0 Å². The number of hydrogen-bond acceptors (Lipinski definition) is 9. The van der Waals surface area contributed by atoms with Crippen molar-refractivity contribution < 1.29 is 46.8 Å². The van der Waals surface area contributed by atoms with E-state index in [9.17, 15) is 27.2 Å². The first kappa shape index (κ1) is 24.7. The molecular formula is C18H19F4N5O7. The molecule has 1 saturated heterocycles. The second kappa shape index (κ2) is 9.12. The van der Waals surface area contributed by atoms with Crippen LogP contribution in [-0.2, 0) is 11.5 Å². The van der Waals surface area contributed by atoms with Crippen LogP contribution in [0.15, 0.2) is 11.0 Å². The number of benzene rings is 1. The van der Waals surface area contributed by atoms with Crippen LogP contribution in [0, 0.1) is 0 Å². The molecule has 3 heterocycles. The molecule has 2 aliphatic heterocycles. The van der Waals surface area contributed by atoms with Crippen molar-refractivity contribution in [2.75, 3.05) is 35.9 Å². The number of alkyl halides is 4. The molecule has 1 atom stereocenters. The van der Waals surface area contributed by atoms with Crippen molar-refractivity contribution in [3.8, 4) is 11.5 Å². The van der Waals surface area contributed by atoms with Gasteiger partial charge in [-0.1, -0.05) is 0 Å². The minimum atomic E-state index is -5.08. The number of nitrogens with one attached hydrogen (secondary N) is 1. The molecule has 0 spiro atoms. The van der Waals surface area contributed by atoms with Gasteiger partial charge < -0.3 is 36.1 Å². The highest BCUT2D eigenvalue weighted by atomic mass is 19.4. The van der Waals surface area contributed by atoms with Crippen LogP contribution in [0.1, 0.15) is 12.0 Å². The Labute approximate surface area is 187 Å². The fourth-order valence-electron chi connectivity index (χ4n) is 3.65. The molecule has 1 unspecified atom stereocenters. The molecule has 7 N–H and O–H groups in total. The number of pyridine rings is 1. The lowest BCUT2D eigenvalue weighted by Crippen LogP contribution is -2.32. The second-order valence-corrected chi connectivity index (χ2v) is 7.23. The maximum Gasteiger partial charge on any atom is 0.511 e. The van der Waals surface area contributed by atoms with Crippen LogP contribution >= 0.6 is 0 Å². The molecule has 2 aromatic rings. The van der Waals surface area contributed by atoms with Crippen LogP contribution < -0.4 is 36.7 Å². The van der Waals surface area contributed by atoms with E-state index in [4.69, 9.17) is 31.2 Å². The van der Waals surface area contributed by atoms with Gasteiger partial charge in [0.1, 0.15) is 12.2 Å². The number of anilines is 2. The minimum Gasteiger partial charge on any atom is -0.475 e. The third-order valence-corrected chi connectivity index (χ3v) is 5.05. The Morgan fingerprint density at radius 2 is 1.97 bits per heavy atom. The number of rotatable bonds is 3. The molecule has 0 bridgehead atoms. The highest BCUT2D eigenvalue weighted by molar-refractivity contribution is 6.03. The Kier molecular flexibility index (Phi) is 6.63. The van der Waals surface area contributed by atoms with Crippen molar-refractivity contribution in [3.63, 3.8) is 0 Å². The number of hydrogen-bond donors (Lipinski definition) is 5. The Morgan fingerprint density at radius 3 is 2.47 bits per heavy atom. The smallest absolute Gasteiger partial charge is 0.475 e. The van der Waals surface area contributed by atoms with Gasteiger partial charge in [-0.25, -0.2) is 14.0 Å². The van der Waals surface area contributed by atoms with E-state index >= 15 is 0 Å². The normalized spacial score (nSPS) is 16.9. The molecule has 16 heteroatoms. The summed E-state index contributed by atoms with van der Waals surface area (Å²) >= 11 is 0. The highest BCUT2D eigenvalue weighted by Gasteiger charge is 2.38. The van der Waals surface area contributed by atoms with Crippen molar-refractivity contribution in [2.24, 2.45) is 5.73 Å².